The molecule has 0 spiro atoms. The number of hydrogen-bond acceptors (Lipinski definition) is 4. The van der Waals surface area contributed by atoms with Crippen LogP contribution in [0.1, 0.15) is 49.1 Å². The van der Waals surface area contributed by atoms with Crippen molar-refractivity contribution in [2.24, 2.45) is 5.92 Å². The quantitative estimate of drug-likeness (QED) is 0.917. The number of nitrogens with zero attached hydrogens (tertiary/aromatic N) is 2. The first kappa shape index (κ1) is 16.2. The standard InChI is InChI=1S/C19H26N2O2/c1-21(2)14-17-13-18(20-23-17)19(22,15-9-5-3-6-10-15)16-11-7-4-8-12-16/h3,5-6,9-10,13,16,22H,4,7-8,11-12,14H2,1-2H3. The van der Waals surface area contributed by atoms with Gasteiger partial charge in [-0.05, 0) is 38.4 Å². The van der Waals surface area contributed by atoms with Gasteiger partial charge in [-0.25, -0.2) is 0 Å². The van der Waals surface area contributed by atoms with Crippen molar-refractivity contribution in [3.8, 4) is 0 Å². The smallest absolute Gasteiger partial charge is 0.151 e. The van der Waals surface area contributed by atoms with Crippen LogP contribution in [0.3, 0.4) is 0 Å². The summed E-state index contributed by atoms with van der Waals surface area (Å²) in [4.78, 5) is 2.03. The maximum absolute atomic E-state index is 11.7. The van der Waals surface area contributed by atoms with Crippen molar-refractivity contribution in [2.75, 3.05) is 14.1 Å². The molecule has 1 aromatic carbocycles. The lowest BCUT2D eigenvalue weighted by Gasteiger charge is -2.37. The molecule has 1 saturated carbocycles. The molecule has 124 valence electrons. The summed E-state index contributed by atoms with van der Waals surface area (Å²) in [5, 5.41) is 15.9. The van der Waals surface area contributed by atoms with Crippen molar-refractivity contribution in [1.29, 1.82) is 0 Å². The summed E-state index contributed by atoms with van der Waals surface area (Å²) in [6.45, 7) is 0.683. The summed E-state index contributed by atoms with van der Waals surface area (Å²) in [5.41, 5.74) is 0.500. The number of aromatic nitrogens is 1. The van der Waals surface area contributed by atoms with E-state index in [9.17, 15) is 5.11 Å². The maximum atomic E-state index is 11.7. The van der Waals surface area contributed by atoms with Crippen molar-refractivity contribution >= 4 is 0 Å². The summed E-state index contributed by atoms with van der Waals surface area (Å²) in [5.74, 6) is 0.978. The van der Waals surface area contributed by atoms with Crippen molar-refractivity contribution in [3.63, 3.8) is 0 Å². The molecule has 1 N–H and O–H groups in total. The van der Waals surface area contributed by atoms with E-state index in [2.05, 4.69) is 5.16 Å². The zero-order chi connectivity index (χ0) is 16.3. The Labute approximate surface area is 138 Å². The molecule has 0 aliphatic heterocycles. The number of hydrogen-bond donors (Lipinski definition) is 1. The molecule has 0 bridgehead atoms. The van der Waals surface area contributed by atoms with Crippen molar-refractivity contribution in [3.05, 3.63) is 53.4 Å². The highest BCUT2D eigenvalue weighted by atomic mass is 16.5. The zero-order valence-corrected chi connectivity index (χ0v) is 14.0. The van der Waals surface area contributed by atoms with Crippen LogP contribution in [0.2, 0.25) is 0 Å². The zero-order valence-electron chi connectivity index (χ0n) is 14.0. The Morgan fingerprint density at radius 2 is 1.87 bits per heavy atom. The van der Waals surface area contributed by atoms with E-state index in [1.165, 1.54) is 19.3 Å². The molecule has 3 rings (SSSR count). The number of rotatable bonds is 5. The first-order chi connectivity index (χ1) is 11.1. The second-order valence-electron chi connectivity index (χ2n) is 6.88. The van der Waals surface area contributed by atoms with Gasteiger partial charge >= 0.3 is 0 Å². The summed E-state index contributed by atoms with van der Waals surface area (Å²) < 4.78 is 5.48. The average Bonchev–Trinajstić information content (AvgIpc) is 3.04. The second kappa shape index (κ2) is 6.85. The van der Waals surface area contributed by atoms with E-state index in [1.807, 2.05) is 55.4 Å². The fraction of sp³-hybridized carbons (Fsp3) is 0.526. The molecule has 4 heteroatoms. The Morgan fingerprint density at radius 3 is 2.52 bits per heavy atom. The van der Waals surface area contributed by atoms with Gasteiger partial charge in [0.05, 0.1) is 6.54 Å². The molecule has 0 radical (unpaired) electrons. The normalized spacial score (nSPS) is 19.0. The highest BCUT2D eigenvalue weighted by Crippen LogP contribution is 2.43. The van der Waals surface area contributed by atoms with Crippen LogP contribution in [0.25, 0.3) is 0 Å². The van der Waals surface area contributed by atoms with Gasteiger partial charge in [0.2, 0.25) is 0 Å². The van der Waals surface area contributed by atoms with Crippen LogP contribution in [0.5, 0.6) is 0 Å². The predicted molar refractivity (Wildman–Crippen MR) is 89.9 cm³/mol. The molecule has 0 saturated heterocycles. The number of aliphatic hydroxyl groups is 1. The first-order valence-corrected chi connectivity index (χ1v) is 8.49. The molecule has 2 aromatic rings. The maximum Gasteiger partial charge on any atom is 0.151 e. The van der Waals surface area contributed by atoms with Crippen LogP contribution in [0, 0.1) is 5.92 Å². The molecule has 1 aromatic heterocycles. The molecule has 1 aliphatic carbocycles. The summed E-state index contributed by atoms with van der Waals surface area (Å²) in [7, 11) is 3.99. The Morgan fingerprint density at radius 1 is 1.17 bits per heavy atom. The van der Waals surface area contributed by atoms with Crippen molar-refractivity contribution in [1.82, 2.24) is 10.1 Å². The summed E-state index contributed by atoms with van der Waals surface area (Å²) >= 11 is 0. The van der Waals surface area contributed by atoms with Gasteiger partial charge in [0, 0.05) is 6.07 Å². The molecule has 23 heavy (non-hydrogen) atoms. The Bertz CT molecular complexity index is 617. The Balaban J connectivity index is 1.99. The highest BCUT2D eigenvalue weighted by Gasteiger charge is 2.43. The van der Waals surface area contributed by atoms with Crippen LogP contribution in [-0.2, 0) is 12.1 Å². The average molecular weight is 314 g/mol. The predicted octanol–water partition coefficient (Wildman–Crippen LogP) is 3.55. The van der Waals surface area contributed by atoms with Crippen LogP contribution >= 0.6 is 0 Å². The SMILES string of the molecule is CN(C)Cc1cc(C(O)(c2ccccc2)C2CCCCC2)no1. The molecular weight excluding hydrogens is 288 g/mol. The Kier molecular flexibility index (Phi) is 4.83. The van der Waals surface area contributed by atoms with Gasteiger partial charge in [0.15, 0.2) is 5.76 Å². The van der Waals surface area contributed by atoms with Crippen LogP contribution in [0.15, 0.2) is 40.9 Å². The lowest BCUT2D eigenvalue weighted by Crippen LogP contribution is -2.38. The van der Waals surface area contributed by atoms with E-state index in [0.29, 0.717) is 12.2 Å². The fourth-order valence-electron chi connectivity index (χ4n) is 3.68. The van der Waals surface area contributed by atoms with Crippen LogP contribution in [-0.4, -0.2) is 29.3 Å². The van der Waals surface area contributed by atoms with E-state index in [1.54, 1.807) is 0 Å². The second-order valence-corrected chi connectivity index (χ2v) is 6.88. The minimum atomic E-state index is -1.06. The van der Waals surface area contributed by atoms with Gasteiger partial charge < -0.3 is 14.5 Å². The fourth-order valence-corrected chi connectivity index (χ4v) is 3.68. The minimum absolute atomic E-state index is 0.191. The third kappa shape index (κ3) is 3.33. The number of benzene rings is 1. The summed E-state index contributed by atoms with van der Waals surface area (Å²) in [6.07, 6.45) is 5.65. The van der Waals surface area contributed by atoms with Gasteiger partial charge in [-0.15, -0.1) is 0 Å². The monoisotopic (exact) mass is 314 g/mol. The van der Waals surface area contributed by atoms with E-state index < -0.39 is 5.60 Å². The van der Waals surface area contributed by atoms with E-state index >= 15 is 0 Å². The van der Waals surface area contributed by atoms with Crippen LogP contribution in [0.4, 0.5) is 0 Å². The molecule has 1 heterocycles. The lowest BCUT2D eigenvalue weighted by molar-refractivity contribution is -0.00680. The molecule has 1 unspecified atom stereocenters. The molecule has 1 fully saturated rings. The minimum Gasteiger partial charge on any atom is -0.378 e. The topological polar surface area (TPSA) is 49.5 Å². The first-order valence-electron chi connectivity index (χ1n) is 8.49. The van der Waals surface area contributed by atoms with E-state index in [-0.39, 0.29) is 5.92 Å². The van der Waals surface area contributed by atoms with E-state index in [4.69, 9.17) is 4.52 Å². The molecular formula is C19H26N2O2. The molecule has 1 atom stereocenters. The van der Waals surface area contributed by atoms with E-state index in [0.717, 1.165) is 24.2 Å². The molecule has 1 aliphatic rings. The highest BCUT2D eigenvalue weighted by molar-refractivity contribution is 5.33. The van der Waals surface area contributed by atoms with Crippen molar-refractivity contribution in [2.45, 2.75) is 44.2 Å². The Hall–Kier alpha value is -1.65. The van der Waals surface area contributed by atoms with Gasteiger partial charge in [0.1, 0.15) is 11.3 Å². The molecule has 4 nitrogen and oxygen atoms in total. The lowest BCUT2D eigenvalue weighted by atomic mass is 9.71. The van der Waals surface area contributed by atoms with Crippen molar-refractivity contribution < 1.29 is 9.63 Å². The third-order valence-electron chi connectivity index (χ3n) is 4.83. The van der Waals surface area contributed by atoms with Gasteiger partial charge in [-0.1, -0.05) is 54.8 Å². The largest absolute Gasteiger partial charge is 0.378 e. The summed E-state index contributed by atoms with van der Waals surface area (Å²) in [6, 6.07) is 11.8. The van der Waals surface area contributed by atoms with Crippen LogP contribution < -0.4 is 0 Å². The molecule has 0 amide bonds. The van der Waals surface area contributed by atoms with Gasteiger partial charge in [-0.2, -0.15) is 0 Å². The van der Waals surface area contributed by atoms with Gasteiger partial charge in [-0.3, -0.25) is 0 Å². The van der Waals surface area contributed by atoms with Gasteiger partial charge in [0.25, 0.3) is 0 Å². The third-order valence-corrected chi connectivity index (χ3v) is 4.83.